The Balaban J connectivity index is 4.64. The van der Waals surface area contributed by atoms with E-state index in [9.17, 15) is 14.0 Å². The van der Waals surface area contributed by atoms with Gasteiger partial charge < -0.3 is 9.47 Å². The fourth-order valence-electron chi connectivity index (χ4n) is 1.02. The molecule has 0 aromatic carbocycles. The van der Waals surface area contributed by atoms with Crippen LogP contribution in [0.3, 0.4) is 0 Å². The highest BCUT2D eigenvalue weighted by atomic mass is 19.1. The van der Waals surface area contributed by atoms with E-state index in [-0.39, 0.29) is 12.8 Å². The van der Waals surface area contributed by atoms with Crippen molar-refractivity contribution in [2.75, 3.05) is 14.2 Å². The van der Waals surface area contributed by atoms with Gasteiger partial charge in [-0.05, 0) is 6.42 Å². The van der Waals surface area contributed by atoms with E-state index in [1.54, 1.807) is 6.07 Å². The molecule has 0 aliphatic rings. The summed E-state index contributed by atoms with van der Waals surface area (Å²) >= 11 is 0. The largest absolute Gasteiger partial charge is 0.466 e. The van der Waals surface area contributed by atoms with Crippen LogP contribution in [-0.2, 0) is 19.1 Å². The summed E-state index contributed by atoms with van der Waals surface area (Å²) in [6, 6.07) is 1.78. The Morgan fingerprint density at radius 1 is 1.33 bits per heavy atom. The third-order valence-corrected chi connectivity index (χ3v) is 1.83. The van der Waals surface area contributed by atoms with Gasteiger partial charge in [0.05, 0.1) is 20.3 Å². The van der Waals surface area contributed by atoms with Gasteiger partial charge in [-0.3, -0.25) is 0 Å². The van der Waals surface area contributed by atoms with E-state index in [1.165, 1.54) is 0 Å². The highest BCUT2D eigenvalue weighted by molar-refractivity contribution is 6.03. The van der Waals surface area contributed by atoms with E-state index in [2.05, 4.69) is 9.47 Å². The van der Waals surface area contributed by atoms with Gasteiger partial charge in [0.1, 0.15) is 0 Å². The monoisotopic (exact) mass is 217 g/mol. The lowest BCUT2D eigenvalue weighted by Gasteiger charge is -2.18. The number of halogens is 1. The first-order valence-corrected chi connectivity index (χ1v) is 4.25. The first kappa shape index (κ1) is 13.4. The maximum absolute atomic E-state index is 13.8. The smallest absolute Gasteiger partial charge is 0.355 e. The molecular formula is C9H12FNO4. The number of nitriles is 1. The number of carbonyl (C=O) groups excluding carboxylic acids is 2. The van der Waals surface area contributed by atoms with Crippen LogP contribution >= 0.6 is 0 Å². The molecule has 0 radical (unpaired) electrons. The summed E-state index contributed by atoms with van der Waals surface area (Å²) < 4.78 is 22.2. The quantitative estimate of drug-likeness (QED) is 0.385. The summed E-state index contributed by atoms with van der Waals surface area (Å²) in [4.78, 5) is 22.1. The number of rotatable bonds is 5. The van der Waals surface area contributed by atoms with Crippen LogP contribution < -0.4 is 0 Å². The van der Waals surface area contributed by atoms with Crippen LogP contribution in [0, 0.1) is 11.3 Å². The Hall–Kier alpha value is -1.64. The van der Waals surface area contributed by atoms with Crippen LogP contribution in [-0.4, -0.2) is 31.8 Å². The van der Waals surface area contributed by atoms with E-state index < -0.39 is 24.0 Å². The summed E-state index contributed by atoms with van der Waals surface area (Å²) in [6.07, 6.45) is -0.281. The van der Waals surface area contributed by atoms with Crippen LogP contribution in [0.15, 0.2) is 0 Å². The zero-order chi connectivity index (χ0) is 11.9. The summed E-state index contributed by atoms with van der Waals surface area (Å²) in [7, 11) is 1.95. The molecule has 0 aliphatic carbocycles. The maximum atomic E-state index is 13.8. The number of nitrogens with zero attached hydrogens (tertiary/aromatic N) is 1. The van der Waals surface area contributed by atoms with Crippen molar-refractivity contribution >= 4 is 11.9 Å². The molecule has 0 spiro atoms. The molecule has 0 N–H and O–H groups in total. The first-order valence-electron chi connectivity index (χ1n) is 4.25. The molecule has 0 atom stereocenters. The fourth-order valence-corrected chi connectivity index (χ4v) is 1.02. The minimum Gasteiger partial charge on any atom is -0.466 e. The number of methoxy groups -OCH3 is 2. The number of carbonyl (C=O) groups is 2. The molecule has 0 saturated carbocycles. The SMILES string of the molecule is COC(=O)C(F)(CCCC#N)C(=O)OC. The van der Waals surface area contributed by atoms with E-state index >= 15 is 0 Å². The number of ether oxygens (including phenoxy) is 2. The summed E-state index contributed by atoms with van der Waals surface area (Å²) in [5.41, 5.74) is -2.81. The predicted octanol–water partition coefficient (Wildman–Crippen LogP) is 0.735. The number of esters is 2. The van der Waals surface area contributed by atoms with Crippen LogP contribution in [0.4, 0.5) is 4.39 Å². The lowest BCUT2D eigenvalue weighted by molar-refractivity contribution is -0.172. The van der Waals surface area contributed by atoms with Crippen LogP contribution in [0.25, 0.3) is 0 Å². The molecular weight excluding hydrogens is 205 g/mol. The lowest BCUT2D eigenvalue weighted by Crippen LogP contribution is -2.44. The van der Waals surface area contributed by atoms with Crippen molar-refractivity contribution in [1.82, 2.24) is 0 Å². The number of unbranched alkanes of at least 4 members (excludes halogenated alkanes) is 1. The Labute approximate surface area is 86.8 Å². The van der Waals surface area contributed by atoms with Crippen molar-refractivity contribution in [3.8, 4) is 6.07 Å². The molecule has 84 valence electrons. The number of hydrogen-bond donors (Lipinski definition) is 0. The van der Waals surface area contributed by atoms with Gasteiger partial charge in [-0.1, -0.05) is 0 Å². The van der Waals surface area contributed by atoms with Crippen LogP contribution in [0.5, 0.6) is 0 Å². The molecule has 0 bridgehead atoms. The molecule has 0 aliphatic heterocycles. The average molecular weight is 217 g/mol. The predicted molar refractivity (Wildman–Crippen MR) is 47.3 cm³/mol. The third kappa shape index (κ3) is 3.20. The molecule has 0 amide bonds. The standard InChI is InChI=1S/C9H12FNO4/c1-14-7(12)9(10,8(13)15-2)5-3-4-6-11/h3-5H2,1-2H3. The Kier molecular flexibility index (Phi) is 5.31. The minimum absolute atomic E-state index is 0.0552. The van der Waals surface area contributed by atoms with Crippen molar-refractivity contribution in [3.05, 3.63) is 0 Å². The second-order valence-electron chi connectivity index (χ2n) is 2.80. The lowest BCUT2D eigenvalue weighted by atomic mass is 9.99. The van der Waals surface area contributed by atoms with Gasteiger partial charge in [0, 0.05) is 12.8 Å². The topological polar surface area (TPSA) is 76.4 Å². The second-order valence-corrected chi connectivity index (χ2v) is 2.80. The maximum Gasteiger partial charge on any atom is 0.355 e. The zero-order valence-corrected chi connectivity index (χ0v) is 8.58. The van der Waals surface area contributed by atoms with E-state index in [0.717, 1.165) is 14.2 Å². The highest BCUT2D eigenvalue weighted by Gasteiger charge is 2.48. The van der Waals surface area contributed by atoms with E-state index in [4.69, 9.17) is 5.26 Å². The molecule has 0 heterocycles. The number of alkyl halides is 1. The van der Waals surface area contributed by atoms with Gasteiger partial charge in [-0.15, -0.1) is 0 Å². The molecule has 15 heavy (non-hydrogen) atoms. The Morgan fingerprint density at radius 3 is 2.13 bits per heavy atom. The first-order chi connectivity index (χ1) is 7.02. The van der Waals surface area contributed by atoms with E-state index in [0.29, 0.717) is 0 Å². The van der Waals surface area contributed by atoms with Gasteiger partial charge in [0.2, 0.25) is 0 Å². The van der Waals surface area contributed by atoms with Crippen molar-refractivity contribution in [1.29, 1.82) is 5.26 Å². The molecule has 0 rings (SSSR count). The Morgan fingerprint density at radius 2 is 1.80 bits per heavy atom. The van der Waals surface area contributed by atoms with Gasteiger partial charge in [-0.25, -0.2) is 14.0 Å². The second kappa shape index (κ2) is 5.96. The fraction of sp³-hybridized carbons (Fsp3) is 0.667. The van der Waals surface area contributed by atoms with Crippen LogP contribution in [0.2, 0.25) is 0 Å². The minimum atomic E-state index is -2.81. The molecule has 0 aromatic heterocycles. The van der Waals surface area contributed by atoms with Crippen LogP contribution in [0.1, 0.15) is 19.3 Å². The van der Waals surface area contributed by atoms with Crippen molar-refractivity contribution in [3.63, 3.8) is 0 Å². The van der Waals surface area contributed by atoms with Gasteiger partial charge >= 0.3 is 17.6 Å². The normalized spacial score (nSPS) is 10.3. The van der Waals surface area contributed by atoms with Crippen molar-refractivity contribution in [2.24, 2.45) is 0 Å². The van der Waals surface area contributed by atoms with Crippen molar-refractivity contribution in [2.45, 2.75) is 24.9 Å². The molecule has 6 heteroatoms. The van der Waals surface area contributed by atoms with Gasteiger partial charge in [0.15, 0.2) is 0 Å². The summed E-state index contributed by atoms with van der Waals surface area (Å²) in [6.45, 7) is 0. The molecule has 0 fully saturated rings. The van der Waals surface area contributed by atoms with Crippen molar-refractivity contribution < 1.29 is 23.5 Å². The highest BCUT2D eigenvalue weighted by Crippen LogP contribution is 2.22. The average Bonchev–Trinajstić information content (AvgIpc) is 2.26. The van der Waals surface area contributed by atoms with Gasteiger partial charge in [0.25, 0.3) is 0 Å². The summed E-state index contributed by atoms with van der Waals surface area (Å²) in [5, 5.41) is 8.25. The third-order valence-electron chi connectivity index (χ3n) is 1.83. The summed E-state index contributed by atoms with van der Waals surface area (Å²) in [5.74, 6) is -2.60. The zero-order valence-electron chi connectivity index (χ0n) is 8.58. The molecule has 5 nitrogen and oxygen atoms in total. The van der Waals surface area contributed by atoms with Gasteiger partial charge in [-0.2, -0.15) is 5.26 Å². The molecule has 0 unspecified atom stereocenters. The molecule has 0 aromatic rings. The molecule has 0 saturated heterocycles. The number of hydrogen-bond acceptors (Lipinski definition) is 5. The Bertz CT molecular complexity index is 268. The van der Waals surface area contributed by atoms with E-state index in [1.807, 2.05) is 0 Å².